The maximum atomic E-state index is 12.3. The Balaban J connectivity index is 1.63. The van der Waals surface area contributed by atoms with E-state index in [1.54, 1.807) is 29.5 Å². The van der Waals surface area contributed by atoms with Gasteiger partial charge in [-0.15, -0.1) is 11.3 Å². The number of benzene rings is 1. The van der Waals surface area contributed by atoms with Crippen LogP contribution in [0.2, 0.25) is 0 Å². The van der Waals surface area contributed by atoms with Crippen LogP contribution < -0.4 is 10.6 Å². The summed E-state index contributed by atoms with van der Waals surface area (Å²) in [5.41, 5.74) is 1.86. The lowest BCUT2D eigenvalue weighted by Crippen LogP contribution is -2.39. The number of hydrogen-bond donors (Lipinski definition) is 3. The van der Waals surface area contributed by atoms with E-state index in [-0.39, 0.29) is 23.9 Å². The molecule has 0 spiro atoms. The summed E-state index contributed by atoms with van der Waals surface area (Å²) in [6.45, 7) is 3.86. The second-order valence-corrected chi connectivity index (χ2v) is 6.97. The maximum Gasteiger partial charge on any atom is 0.315 e. The van der Waals surface area contributed by atoms with Crippen molar-refractivity contribution in [2.24, 2.45) is 5.92 Å². The van der Waals surface area contributed by atoms with Gasteiger partial charge < -0.3 is 15.7 Å². The number of phenolic OH excluding ortho intramolecular Hbond substituents is 1. The minimum absolute atomic E-state index is 0.00919. The summed E-state index contributed by atoms with van der Waals surface area (Å²) in [4.78, 5) is 16.8. The average molecular weight is 331 g/mol. The second kappa shape index (κ2) is 6.58. The van der Waals surface area contributed by atoms with Crippen LogP contribution in [-0.2, 0) is 0 Å². The van der Waals surface area contributed by atoms with E-state index in [0.29, 0.717) is 5.92 Å². The zero-order valence-electron chi connectivity index (χ0n) is 13.2. The van der Waals surface area contributed by atoms with Crippen LogP contribution in [0.15, 0.2) is 29.6 Å². The van der Waals surface area contributed by atoms with E-state index in [9.17, 15) is 9.90 Å². The second-order valence-electron chi connectivity index (χ2n) is 6.08. The largest absolute Gasteiger partial charge is 0.508 e. The van der Waals surface area contributed by atoms with Gasteiger partial charge in [-0.2, -0.15) is 0 Å². The van der Waals surface area contributed by atoms with Crippen LogP contribution in [0.4, 0.5) is 4.79 Å². The van der Waals surface area contributed by atoms with Gasteiger partial charge in [0.15, 0.2) is 0 Å². The van der Waals surface area contributed by atoms with E-state index >= 15 is 0 Å². The molecule has 1 aromatic heterocycles. The van der Waals surface area contributed by atoms with Crippen LogP contribution in [0, 0.1) is 12.8 Å². The third-order valence-electron chi connectivity index (χ3n) is 4.00. The Hall–Kier alpha value is -2.08. The van der Waals surface area contributed by atoms with Gasteiger partial charge in [0.05, 0.1) is 12.1 Å². The number of urea groups is 1. The van der Waals surface area contributed by atoms with Gasteiger partial charge in [0.2, 0.25) is 0 Å². The molecule has 5 nitrogen and oxygen atoms in total. The fraction of sp³-hybridized carbons (Fsp3) is 0.412. The molecule has 1 aliphatic carbocycles. The fourth-order valence-electron chi connectivity index (χ4n) is 2.58. The lowest BCUT2D eigenvalue weighted by Gasteiger charge is -2.20. The number of nitrogens with one attached hydrogen (secondary N) is 2. The van der Waals surface area contributed by atoms with Crippen molar-refractivity contribution >= 4 is 17.4 Å². The molecule has 1 aromatic carbocycles. The quantitative estimate of drug-likeness (QED) is 0.782. The van der Waals surface area contributed by atoms with Crippen molar-refractivity contribution in [2.75, 3.05) is 0 Å². The Labute approximate surface area is 139 Å². The molecule has 0 radical (unpaired) electrons. The van der Waals surface area contributed by atoms with Gasteiger partial charge in [-0.25, -0.2) is 9.78 Å². The topological polar surface area (TPSA) is 74.2 Å². The molecule has 0 bridgehead atoms. The number of aryl methyl sites for hydroxylation is 1. The molecule has 2 aromatic rings. The summed E-state index contributed by atoms with van der Waals surface area (Å²) in [7, 11) is 0. The number of carbonyl (C=O) groups is 1. The third-order valence-corrected chi connectivity index (χ3v) is 5.05. The van der Waals surface area contributed by atoms with Gasteiger partial charge in [0.25, 0.3) is 0 Å². The molecule has 0 unspecified atom stereocenters. The number of nitrogens with zero attached hydrogens (tertiary/aromatic N) is 1. The Morgan fingerprint density at radius 1 is 1.39 bits per heavy atom. The Bertz CT molecular complexity index is 697. The van der Waals surface area contributed by atoms with Crippen LogP contribution in [0.3, 0.4) is 0 Å². The van der Waals surface area contributed by atoms with Crippen molar-refractivity contribution in [3.8, 4) is 5.75 Å². The van der Waals surface area contributed by atoms with Crippen molar-refractivity contribution in [2.45, 2.75) is 38.8 Å². The van der Waals surface area contributed by atoms with Crippen LogP contribution in [0.1, 0.15) is 48.1 Å². The Morgan fingerprint density at radius 3 is 2.78 bits per heavy atom. The molecule has 1 saturated carbocycles. The number of phenols is 1. The highest BCUT2D eigenvalue weighted by molar-refractivity contribution is 7.09. The highest BCUT2D eigenvalue weighted by atomic mass is 32.1. The average Bonchev–Trinajstić information content (AvgIpc) is 3.26. The van der Waals surface area contributed by atoms with Gasteiger partial charge in [-0.05, 0) is 50.3 Å². The summed E-state index contributed by atoms with van der Waals surface area (Å²) >= 11 is 1.60. The van der Waals surface area contributed by atoms with E-state index in [4.69, 9.17) is 0 Å². The highest BCUT2D eigenvalue weighted by Gasteiger charge is 2.35. The number of carbonyl (C=O) groups excluding carboxylic acids is 1. The van der Waals surface area contributed by atoms with E-state index < -0.39 is 0 Å². The normalized spacial score (nSPS) is 16.6. The first-order valence-electron chi connectivity index (χ1n) is 7.81. The molecule has 2 atom stereocenters. The number of rotatable bonds is 5. The van der Waals surface area contributed by atoms with Crippen molar-refractivity contribution in [1.82, 2.24) is 15.6 Å². The lowest BCUT2D eigenvalue weighted by molar-refractivity contribution is 0.232. The van der Waals surface area contributed by atoms with Gasteiger partial charge in [0, 0.05) is 11.1 Å². The van der Waals surface area contributed by atoms with Gasteiger partial charge in [-0.1, -0.05) is 12.1 Å². The summed E-state index contributed by atoms with van der Waals surface area (Å²) in [5.74, 6) is 0.688. The molecule has 0 aliphatic heterocycles. The van der Waals surface area contributed by atoms with Crippen molar-refractivity contribution in [3.05, 3.63) is 45.9 Å². The molecule has 23 heavy (non-hydrogen) atoms. The predicted octanol–water partition coefficient (Wildman–Crippen LogP) is 3.67. The van der Waals surface area contributed by atoms with Crippen LogP contribution in [0.5, 0.6) is 5.75 Å². The molecule has 0 saturated heterocycles. The Kier molecular flexibility index (Phi) is 4.52. The first kappa shape index (κ1) is 15.8. The smallest absolute Gasteiger partial charge is 0.315 e. The molecular weight excluding hydrogens is 310 g/mol. The molecule has 3 rings (SSSR count). The molecule has 3 N–H and O–H groups in total. The zero-order chi connectivity index (χ0) is 16.4. The van der Waals surface area contributed by atoms with Crippen LogP contribution in [0.25, 0.3) is 0 Å². The van der Waals surface area contributed by atoms with E-state index in [1.165, 1.54) is 0 Å². The maximum absolute atomic E-state index is 12.3. The minimum atomic E-state index is -0.203. The first-order valence-corrected chi connectivity index (χ1v) is 8.69. The number of amides is 2. The fourth-order valence-corrected chi connectivity index (χ4v) is 3.52. The Morgan fingerprint density at radius 2 is 2.17 bits per heavy atom. The summed E-state index contributed by atoms with van der Waals surface area (Å²) in [5, 5.41) is 18.5. The predicted molar refractivity (Wildman–Crippen MR) is 90.5 cm³/mol. The van der Waals surface area contributed by atoms with E-state index in [2.05, 4.69) is 15.6 Å². The monoisotopic (exact) mass is 331 g/mol. The zero-order valence-corrected chi connectivity index (χ0v) is 14.1. The number of hydrogen-bond acceptors (Lipinski definition) is 4. The van der Waals surface area contributed by atoms with Gasteiger partial charge in [-0.3, -0.25) is 0 Å². The summed E-state index contributed by atoms with van der Waals surface area (Å²) < 4.78 is 0. The lowest BCUT2D eigenvalue weighted by atomic mass is 10.1. The van der Waals surface area contributed by atoms with Crippen LogP contribution >= 0.6 is 11.3 Å². The molecule has 6 heteroatoms. The molecular formula is C17H21N3O2S. The van der Waals surface area contributed by atoms with Crippen molar-refractivity contribution in [3.63, 3.8) is 0 Å². The standard InChI is InChI=1S/C17H21N3O2S/c1-10-9-23-16(18-10)15(12-6-7-12)20-17(22)19-11(2)13-4-3-5-14(21)8-13/h3-5,8-9,11-12,15,21H,6-7H2,1-2H3,(H2,19,20,22)/t11-,15-/m0/s1. The molecule has 1 aliphatic rings. The summed E-state index contributed by atoms with van der Waals surface area (Å²) in [6.07, 6.45) is 2.26. The van der Waals surface area contributed by atoms with Crippen molar-refractivity contribution < 1.29 is 9.90 Å². The minimum Gasteiger partial charge on any atom is -0.508 e. The number of aromatic nitrogens is 1. The summed E-state index contributed by atoms with van der Waals surface area (Å²) in [6, 6.07) is 6.53. The number of aromatic hydroxyl groups is 1. The first-order chi connectivity index (χ1) is 11.0. The molecule has 2 amide bonds. The SMILES string of the molecule is Cc1csc([C@@H](NC(=O)N[C@@H](C)c2cccc(O)c2)C2CC2)n1. The van der Waals surface area contributed by atoms with Crippen molar-refractivity contribution in [1.29, 1.82) is 0 Å². The molecule has 122 valence electrons. The number of thiazole rings is 1. The third kappa shape index (κ3) is 4.01. The van der Waals surface area contributed by atoms with Crippen LogP contribution in [-0.4, -0.2) is 16.1 Å². The highest BCUT2D eigenvalue weighted by Crippen LogP contribution is 2.41. The van der Waals surface area contributed by atoms with Gasteiger partial charge >= 0.3 is 6.03 Å². The molecule has 1 heterocycles. The van der Waals surface area contributed by atoms with E-state index in [0.717, 1.165) is 29.1 Å². The molecule has 1 fully saturated rings. The van der Waals surface area contributed by atoms with Gasteiger partial charge in [0.1, 0.15) is 10.8 Å². The van der Waals surface area contributed by atoms with E-state index in [1.807, 2.05) is 25.3 Å².